The lowest BCUT2D eigenvalue weighted by Crippen LogP contribution is -2.48. The van der Waals surface area contributed by atoms with Crippen LogP contribution in [0.2, 0.25) is 0 Å². The number of aryl methyl sites for hydroxylation is 1. The van der Waals surface area contributed by atoms with Gasteiger partial charge < -0.3 is 20.1 Å². The molecule has 4 nitrogen and oxygen atoms in total. The Hall–Kier alpha value is -2.27. The fourth-order valence-corrected chi connectivity index (χ4v) is 4.14. The normalized spacial score (nSPS) is 15.2. The Bertz CT molecular complexity index is 758. The van der Waals surface area contributed by atoms with Crippen molar-refractivity contribution < 1.29 is 9.47 Å². The van der Waals surface area contributed by atoms with Crippen LogP contribution >= 0.6 is 12.2 Å². The Morgan fingerprint density at radius 1 is 1.04 bits per heavy atom. The van der Waals surface area contributed by atoms with E-state index < -0.39 is 0 Å². The van der Waals surface area contributed by atoms with Gasteiger partial charge in [-0.25, -0.2) is 0 Å². The highest BCUT2D eigenvalue weighted by Gasteiger charge is 2.34. The van der Waals surface area contributed by atoms with Gasteiger partial charge in [0.25, 0.3) is 0 Å². The fraction of sp³-hybridized carbons (Fsp3) is 0.409. The lowest BCUT2D eigenvalue weighted by atomic mass is 9.89. The molecule has 1 fully saturated rings. The molecule has 2 N–H and O–H groups in total. The zero-order valence-electron chi connectivity index (χ0n) is 16.1. The van der Waals surface area contributed by atoms with Crippen molar-refractivity contribution >= 4 is 23.0 Å². The number of rotatable bonds is 7. The van der Waals surface area contributed by atoms with E-state index in [1.54, 1.807) is 14.2 Å². The number of hydrogen-bond donors (Lipinski definition) is 2. The number of nitrogens with one attached hydrogen (secondary N) is 2. The average molecular weight is 385 g/mol. The predicted molar refractivity (Wildman–Crippen MR) is 115 cm³/mol. The van der Waals surface area contributed by atoms with Crippen LogP contribution in [0.3, 0.4) is 0 Å². The molecule has 0 spiro atoms. The molecule has 3 rings (SSSR count). The first-order chi connectivity index (χ1) is 13.1. The number of benzene rings is 2. The molecule has 0 heterocycles. The highest BCUT2D eigenvalue weighted by Crippen LogP contribution is 2.34. The maximum absolute atomic E-state index is 5.64. The van der Waals surface area contributed by atoms with Gasteiger partial charge in [0.2, 0.25) is 0 Å². The van der Waals surface area contributed by atoms with E-state index in [2.05, 4.69) is 41.0 Å². The van der Waals surface area contributed by atoms with Crippen LogP contribution < -0.4 is 20.1 Å². The first-order valence-electron chi connectivity index (χ1n) is 9.49. The topological polar surface area (TPSA) is 42.5 Å². The number of thiocarbonyl (C=S) groups is 1. The minimum absolute atomic E-state index is 0.0691. The van der Waals surface area contributed by atoms with Gasteiger partial charge in [0.1, 0.15) is 11.5 Å². The Morgan fingerprint density at radius 3 is 2.44 bits per heavy atom. The van der Waals surface area contributed by atoms with Crippen LogP contribution in [0.4, 0.5) is 5.69 Å². The van der Waals surface area contributed by atoms with E-state index in [4.69, 9.17) is 21.7 Å². The van der Waals surface area contributed by atoms with Crippen molar-refractivity contribution in [3.63, 3.8) is 0 Å². The number of anilines is 1. The third-order valence-electron chi connectivity index (χ3n) is 5.33. The second-order valence-electron chi connectivity index (χ2n) is 7.12. The van der Waals surface area contributed by atoms with Gasteiger partial charge in [-0.15, -0.1) is 0 Å². The highest BCUT2D eigenvalue weighted by atomic mass is 32.1. The molecule has 0 unspecified atom stereocenters. The van der Waals surface area contributed by atoms with Crippen LogP contribution in [0.15, 0.2) is 48.5 Å². The van der Waals surface area contributed by atoms with Crippen LogP contribution in [0, 0.1) is 0 Å². The molecule has 1 aliphatic rings. The third kappa shape index (κ3) is 5.13. The predicted octanol–water partition coefficient (Wildman–Crippen LogP) is 4.94. The maximum atomic E-state index is 5.64. The number of ether oxygens (including phenoxy) is 2. The zero-order chi connectivity index (χ0) is 19.1. The molecule has 1 saturated carbocycles. The van der Waals surface area contributed by atoms with Gasteiger partial charge in [0.05, 0.1) is 19.9 Å². The van der Waals surface area contributed by atoms with Gasteiger partial charge in [-0.05, 0) is 55.6 Å². The summed E-state index contributed by atoms with van der Waals surface area (Å²) in [7, 11) is 3.29. The molecule has 0 bridgehead atoms. The van der Waals surface area contributed by atoms with Crippen LogP contribution in [-0.4, -0.2) is 24.9 Å². The molecule has 0 radical (unpaired) electrons. The van der Waals surface area contributed by atoms with Crippen molar-refractivity contribution in [2.45, 2.75) is 44.1 Å². The van der Waals surface area contributed by atoms with Crippen molar-refractivity contribution in [2.24, 2.45) is 0 Å². The first-order valence-corrected chi connectivity index (χ1v) is 9.90. The fourth-order valence-electron chi connectivity index (χ4n) is 3.81. The van der Waals surface area contributed by atoms with Crippen LogP contribution in [0.5, 0.6) is 11.5 Å². The van der Waals surface area contributed by atoms with Crippen molar-refractivity contribution in [3.8, 4) is 11.5 Å². The second-order valence-corrected chi connectivity index (χ2v) is 7.53. The molecule has 0 atom stereocenters. The van der Waals surface area contributed by atoms with E-state index in [1.807, 2.05) is 18.2 Å². The maximum Gasteiger partial charge on any atom is 0.171 e. The van der Waals surface area contributed by atoms with E-state index in [0.717, 1.165) is 37.1 Å². The highest BCUT2D eigenvalue weighted by molar-refractivity contribution is 7.80. The van der Waals surface area contributed by atoms with Gasteiger partial charge >= 0.3 is 0 Å². The summed E-state index contributed by atoms with van der Waals surface area (Å²) in [5.41, 5.74) is 2.29. The lowest BCUT2D eigenvalue weighted by molar-refractivity contribution is 0.362. The molecule has 0 amide bonds. The van der Waals surface area contributed by atoms with Crippen LogP contribution in [0.25, 0.3) is 0 Å². The second kappa shape index (κ2) is 9.09. The molecule has 0 aromatic heterocycles. The summed E-state index contributed by atoms with van der Waals surface area (Å²) < 4.78 is 10.7. The molecule has 0 aliphatic heterocycles. The molecule has 5 heteroatoms. The smallest absolute Gasteiger partial charge is 0.171 e. The SMILES string of the molecule is COc1ccc(NC(=S)NC2(CCc3ccccc3)CCCC2)c(OC)c1. The largest absolute Gasteiger partial charge is 0.497 e. The Labute approximate surface area is 167 Å². The zero-order valence-corrected chi connectivity index (χ0v) is 16.9. The van der Waals surface area contributed by atoms with E-state index in [1.165, 1.54) is 18.4 Å². The van der Waals surface area contributed by atoms with E-state index in [9.17, 15) is 0 Å². The van der Waals surface area contributed by atoms with E-state index in [-0.39, 0.29) is 5.54 Å². The van der Waals surface area contributed by atoms with Gasteiger partial charge in [-0.2, -0.15) is 0 Å². The molecule has 0 saturated heterocycles. The quantitative estimate of drug-likeness (QED) is 0.662. The number of hydrogen-bond acceptors (Lipinski definition) is 3. The van der Waals surface area contributed by atoms with Gasteiger partial charge in [0.15, 0.2) is 5.11 Å². The van der Waals surface area contributed by atoms with Crippen LogP contribution in [0.1, 0.15) is 37.7 Å². The summed E-state index contributed by atoms with van der Waals surface area (Å²) in [6.07, 6.45) is 6.94. The average Bonchev–Trinajstić information content (AvgIpc) is 3.16. The van der Waals surface area contributed by atoms with Crippen LogP contribution in [-0.2, 0) is 6.42 Å². The number of methoxy groups -OCH3 is 2. The summed E-state index contributed by atoms with van der Waals surface area (Å²) in [6, 6.07) is 16.3. The standard InChI is InChI=1S/C22H28N2O2S/c1-25-18-10-11-19(20(16-18)26-2)23-21(27)24-22(13-6-7-14-22)15-12-17-8-4-3-5-9-17/h3-5,8-11,16H,6-7,12-15H2,1-2H3,(H2,23,24,27). The molecule has 27 heavy (non-hydrogen) atoms. The summed E-state index contributed by atoms with van der Waals surface area (Å²) in [4.78, 5) is 0. The summed E-state index contributed by atoms with van der Waals surface area (Å²) >= 11 is 5.64. The molecule has 144 valence electrons. The van der Waals surface area contributed by atoms with Gasteiger partial charge in [-0.1, -0.05) is 43.2 Å². The van der Waals surface area contributed by atoms with Crippen molar-refractivity contribution in [3.05, 3.63) is 54.1 Å². The van der Waals surface area contributed by atoms with Crippen molar-refractivity contribution in [1.29, 1.82) is 0 Å². The lowest BCUT2D eigenvalue weighted by Gasteiger charge is -2.32. The van der Waals surface area contributed by atoms with Crippen molar-refractivity contribution in [2.75, 3.05) is 19.5 Å². The molecule has 1 aliphatic carbocycles. The Morgan fingerprint density at radius 2 is 1.78 bits per heavy atom. The van der Waals surface area contributed by atoms with Gasteiger partial charge in [-0.3, -0.25) is 0 Å². The molecule has 2 aromatic rings. The van der Waals surface area contributed by atoms with Gasteiger partial charge in [0, 0.05) is 11.6 Å². The van der Waals surface area contributed by atoms with E-state index in [0.29, 0.717) is 10.9 Å². The summed E-state index contributed by atoms with van der Waals surface area (Å²) in [5, 5.41) is 7.57. The Balaban J connectivity index is 1.65. The first kappa shape index (κ1) is 19.5. The molecular formula is C22H28N2O2S. The summed E-state index contributed by atoms with van der Waals surface area (Å²) in [5.74, 6) is 1.47. The third-order valence-corrected chi connectivity index (χ3v) is 5.54. The molecule has 2 aromatic carbocycles. The monoisotopic (exact) mass is 384 g/mol. The van der Waals surface area contributed by atoms with Crippen molar-refractivity contribution in [1.82, 2.24) is 5.32 Å². The van der Waals surface area contributed by atoms with E-state index >= 15 is 0 Å². The molecular weight excluding hydrogens is 356 g/mol. The minimum atomic E-state index is 0.0691. The Kier molecular flexibility index (Phi) is 6.56. The minimum Gasteiger partial charge on any atom is -0.497 e. The summed E-state index contributed by atoms with van der Waals surface area (Å²) in [6.45, 7) is 0.